The van der Waals surface area contributed by atoms with Gasteiger partial charge in [0.2, 0.25) is 0 Å². The Morgan fingerprint density at radius 1 is 0.828 bits per heavy atom. The normalized spacial score (nSPS) is 13.5. The van der Waals surface area contributed by atoms with E-state index >= 15 is 0 Å². The Morgan fingerprint density at radius 3 is 1.90 bits per heavy atom. The SMILES string of the molecule is CC(=O)CC(c1ccccc1)N(C/C=C/c1ccccc1)[C@H](C)c1ccccc1. The van der Waals surface area contributed by atoms with Crippen LogP contribution in [0.3, 0.4) is 0 Å². The monoisotopic (exact) mass is 383 g/mol. The first kappa shape index (κ1) is 20.8. The molecule has 3 aromatic rings. The molecule has 0 radical (unpaired) electrons. The number of rotatable bonds is 9. The lowest BCUT2D eigenvalue weighted by Crippen LogP contribution is -2.33. The predicted octanol–water partition coefficient (Wildman–Crippen LogP) is 6.48. The summed E-state index contributed by atoms with van der Waals surface area (Å²) in [6.07, 6.45) is 4.85. The average Bonchev–Trinajstić information content (AvgIpc) is 2.77. The molecule has 0 heterocycles. The van der Waals surface area contributed by atoms with E-state index in [1.165, 1.54) is 16.7 Å². The molecule has 0 aliphatic rings. The summed E-state index contributed by atoms with van der Waals surface area (Å²) in [5.41, 5.74) is 3.62. The fourth-order valence-electron chi connectivity index (χ4n) is 3.73. The van der Waals surface area contributed by atoms with Gasteiger partial charge in [-0.3, -0.25) is 9.69 Å². The summed E-state index contributed by atoms with van der Waals surface area (Å²) >= 11 is 0. The third kappa shape index (κ3) is 6.00. The molecule has 0 aliphatic heterocycles. The first-order chi connectivity index (χ1) is 14.1. The van der Waals surface area contributed by atoms with E-state index in [1.54, 1.807) is 6.92 Å². The summed E-state index contributed by atoms with van der Waals surface area (Å²) in [6.45, 7) is 4.67. The minimum atomic E-state index is 0.0318. The molecule has 0 N–H and O–H groups in total. The number of carbonyl (C=O) groups is 1. The van der Waals surface area contributed by atoms with Gasteiger partial charge in [-0.15, -0.1) is 0 Å². The zero-order valence-corrected chi connectivity index (χ0v) is 17.2. The molecule has 0 saturated carbocycles. The van der Waals surface area contributed by atoms with Crippen LogP contribution in [-0.2, 0) is 4.79 Å². The van der Waals surface area contributed by atoms with Crippen molar-refractivity contribution in [2.24, 2.45) is 0 Å². The predicted molar refractivity (Wildman–Crippen MR) is 122 cm³/mol. The zero-order valence-electron chi connectivity index (χ0n) is 17.2. The van der Waals surface area contributed by atoms with Crippen molar-refractivity contribution in [3.63, 3.8) is 0 Å². The van der Waals surface area contributed by atoms with Crippen LogP contribution in [0.2, 0.25) is 0 Å². The van der Waals surface area contributed by atoms with Gasteiger partial charge in [-0.1, -0.05) is 103 Å². The lowest BCUT2D eigenvalue weighted by Gasteiger charge is -2.36. The Labute approximate surface area is 174 Å². The van der Waals surface area contributed by atoms with Gasteiger partial charge < -0.3 is 0 Å². The molecule has 29 heavy (non-hydrogen) atoms. The van der Waals surface area contributed by atoms with Crippen LogP contribution in [0.4, 0.5) is 0 Å². The second-order valence-corrected chi connectivity index (χ2v) is 7.43. The summed E-state index contributed by atoms with van der Waals surface area (Å²) in [4.78, 5) is 14.6. The van der Waals surface area contributed by atoms with E-state index in [9.17, 15) is 4.79 Å². The summed E-state index contributed by atoms with van der Waals surface area (Å²) in [5.74, 6) is 0.205. The molecule has 3 rings (SSSR count). The molecule has 1 unspecified atom stereocenters. The third-order valence-electron chi connectivity index (χ3n) is 5.27. The first-order valence-corrected chi connectivity index (χ1v) is 10.2. The van der Waals surface area contributed by atoms with Gasteiger partial charge in [0.25, 0.3) is 0 Å². The van der Waals surface area contributed by atoms with Gasteiger partial charge in [0, 0.05) is 25.0 Å². The highest BCUT2D eigenvalue weighted by molar-refractivity contribution is 5.76. The van der Waals surface area contributed by atoms with Crippen molar-refractivity contribution in [1.29, 1.82) is 0 Å². The van der Waals surface area contributed by atoms with E-state index < -0.39 is 0 Å². The highest BCUT2D eigenvalue weighted by Crippen LogP contribution is 2.33. The molecule has 2 nitrogen and oxygen atoms in total. The average molecular weight is 384 g/mol. The Balaban J connectivity index is 1.93. The molecular formula is C27H29NO. The standard InChI is InChI=1S/C27H29NO/c1-22(29)21-27(26-18-10-5-11-19-26)28(23(2)25-16-8-4-9-17-25)20-12-15-24-13-6-3-7-14-24/h3-19,23,27H,20-21H2,1-2H3/b15-12+/t23-,27?/m1/s1. The van der Waals surface area contributed by atoms with Crippen LogP contribution < -0.4 is 0 Å². The molecule has 0 amide bonds. The minimum Gasteiger partial charge on any atom is -0.300 e. The maximum atomic E-state index is 12.1. The zero-order chi connectivity index (χ0) is 20.5. The van der Waals surface area contributed by atoms with Crippen molar-refractivity contribution in [1.82, 2.24) is 4.90 Å². The van der Waals surface area contributed by atoms with Crippen LogP contribution in [0.15, 0.2) is 97.1 Å². The van der Waals surface area contributed by atoms with Crippen LogP contribution in [0.1, 0.15) is 49.0 Å². The van der Waals surface area contributed by atoms with Crippen LogP contribution in [0, 0.1) is 0 Å². The van der Waals surface area contributed by atoms with E-state index in [4.69, 9.17) is 0 Å². The van der Waals surface area contributed by atoms with Crippen molar-refractivity contribution >= 4 is 11.9 Å². The van der Waals surface area contributed by atoms with E-state index in [0.29, 0.717) is 6.42 Å². The van der Waals surface area contributed by atoms with Crippen molar-refractivity contribution in [3.05, 3.63) is 114 Å². The smallest absolute Gasteiger partial charge is 0.131 e. The van der Waals surface area contributed by atoms with E-state index in [0.717, 1.165) is 6.54 Å². The third-order valence-corrected chi connectivity index (χ3v) is 5.27. The lowest BCUT2D eigenvalue weighted by molar-refractivity contribution is -0.118. The molecule has 148 valence electrons. The number of hydrogen-bond donors (Lipinski definition) is 0. The molecule has 2 heteroatoms. The highest BCUT2D eigenvalue weighted by atomic mass is 16.1. The highest BCUT2D eigenvalue weighted by Gasteiger charge is 2.26. The first-order valence-electron chi connectivity index (χ1n) is 10.2. The Hall–Kier alpha value is -2.97. The maximum absolute atomic E-state index is 12.1. The van der Waals surface area contributed by atoms with Crippen LogP contribution in [-0.4, -0.2) is 17.2 Å². The lowest BCUT2D eigenvalue weighted by atomic mass is 9.96. The van der Waals surface area contributed by atoms with E-state index in [1.807, 2.05) is 42.5 Å². The van der Waals surface area contributed by atoms with Gasteiger partial charge in [0.15, 0.2) is 0 Å². The van der Waals surface area contributed by atoms with Gasteiger partial charge in [0.1, 0.15) is 5.78 Å². The number of Topliss-reactive ketones (excluding diaryl/α,β-unsaturated/α-hetero) is 1. The quantitative estimate of drug-likeness (QED) is 0.421. The molecule has 0 aromatic heterocycles. The number of carbonyl (C=O) groups excluding carboxylic acids is 1. The molecule has 0 spiro atoms. The summed E-state index contributed by atoms with van der Waals surface area (Å²) in [5, 5.41) is 0. The van der Waals surface area contributed by atoms with Crippen LogP contribution >= 0.6 is 0 Å². The van der Waals surface area contributed by atoms with Gasteiger partial charge in [-0.25, -0.2) is 0 Å². The fraction of sp³-hybridized carbons (Fsp3) is 0.222. The van der Waals surface area contributed by atoms with Crippen molar-refractivity contribution < 1.29 is 4.79 Å². The van der Waals surface area contributed by atoms with Gasteiger partial charge in [0.05, 0.1) is 0 Å². The maximum Gasteiger partial charge on any atom is 0.131 e. The van der Waals surface area contributed by atoms with Gasteiger partial charge >= 0.3 is 0 Å². The molecule has 0 fully saturated rings. The van der Waals surface area contributed by atoms with E-state index in [2.05, 4.69) is 72.5 Å². The number of benzene rings is 3. The summed E-state index contributed by atoms with van der Waals surface area (Å²) in [7, 11) is 0. The van der Waals surface area contributed by atoms with Crippen LogP contribution in [0.5, 0.6) is 0 Å². The van der Waals surface area contributed by atoms with Gasteiger partial charge in [-0.05, 0) is 30.5 Å². The van der Waals surface area contributed by atoms with Crippen molar-refractivity contribution in [2.75, 3.05) is 6.54 Å². The molecule has 2 atom stereocenters. The number of hydrogen-bond acceptors (Lipinski definition) is 2. The molecule has 0 bridgehead atoms. The molecule has 3 aromatic carbocycles. The second kappa shape index (κ2) is 10.5. The van der Waals surface area contributed by atoms with Crippen molar-refractivity contribution in [3.8, 4) is 0 Å². The molecule has 0 aliphatic carbocycles. The largest absolute Gasteiger partial charge is 0.300 e. The summed E-state index contributed by atoms with van der Waals surface area (Å²) in [6, 6.07) is 31.4. The number of ketones is 1. The topological polar surface area (TPSA) is 20.3 Å². The molecule has 0 saturated heterocycles. The van der Waals surface area contributed by atoms with E-state index in [-0.39, 0.29) is 17.9 Å². The summed E-state index contributed by atoms with van der Waals surface area (Å²) < 4.78 is 0. The minimum absolute atomic E-state index is 0.0318. The Bertz CT molecular complexity index is 903. The van der Waals surface area contributed by atoms with Gasteiger partial charge in [-0.2, -0.15) is 0 Å². The Kier molecular flexibility index (Phi) is 7.54. The van der Waals surface area contributed by atoms with Crippen molar-refractivity contribution in [2.45, 2.75) is 32.4 Å². The molecular weight excluding hydrogens is 354 g/mol. The number of nitrogens with zero attached hydrogens (tertiary/aromatic N) is 1. The fourth-order valence-corrected chi connectivity index (χ4v) is 3.73. The second-order valence-electron chi connectivity index (χ2n) is 7.43. The van der Waals surface area contributed by atoms with Crippen LogP contribution in [0.25, 0.3) is 6.08 Å². The Morgan fingerprint density at radius 2 is 1.34 bits per heavy atom.